The molecular weight excluding hydrogens is 122 g/mol. The minimum absolute atomic E-state index is 0. The molecule has 1 aliphatic carbocycles. The topological polar surface area (TPSA) is 26.0 Å². The summed E-state index contributed by atoms with van der Waals surface area (Å²) in [4.78, 5) is 0. The molecule has 1 nitrogen and oxygen atoms in total. The molecule has 50 valence electrons. The smallest absolute Gasteiger partial charge is 0.0125 e. The van der Waals surface area contributed by atoms with Gasteiger partial charge in [0, 0.05) is 5.54 Å². The van der Waals surface area contributed by atoms with Crippen LogP contribution in [-0.4, -0.2) is 5.54 Å². The van der Waals surface area contributed by atoms with Gasteiger partial charge in [0.25, 0.3) is 0 Å². The minimum Gasteiger partial charge on any atom is -0.325 e. The van der Waals surface area contributed by atoms with Crippen LogP contribution in [0.3, 0.4) is 0 Å². The highest BCUT2D eigenvalue weighted by Crippen LogP contribution is 2.25. The number of hydrogen-bond donors (Lipinski definition) is 1. The molecule has 2 N–H and O–H groups in total. The fourth-order valence-corrected chi connectivity index (χ4v) is 1.18. The molecule has 0 aromatic carbocycles. The summed E-state index contributed by atoms with van der Waals surface area (Å²) in [5.41, 5.74) is 5.97. The van der Waals surface area contributed by atoms with Crippen LogP contribution >= 0.6 is 12.4 Å². The van der Waals surface area contributed by atoms with Gasteiger partial charge in [0.05, 0.1) is 0 Å². The number of nitrogens with two attached hydrogens (primary N) is 1. The van der Waals surface area contributed by atoms with Crippen molar-refractivity contribution in [3.63, 3.8) is 0 Å². The molecule has 0 aromatic rings. The Balaban J connectivity index is 0.000000490. The molecule has 0 aliphatic heterocycles. The van der Waals surface area contributed by atoms with Crippen LogP contribution in [-0.2, 0) is 0 Å². The van der Waals surface area contributed by atoms with E-state index in [4.69, 9.17) is 5.73 Å². The second-order valence-electron chi connectivity index (χ2n) is 2.86. The average molecular weight is 136 g/mol. The highest BCUT2D eigenvalue weighted by atomic mass is 35.5. The highest BCUT2D eigenvalue weighted by Gasteiger charge is 2.22. The predicted molar refractivity (Wildman–Crippen MR) is 38.3 cm³/mol. The molecule has 0 radical (unpaired) electrons. The highest BCUT2D eigenvalue weighted by molar-refractivity contribution is 5.85. The Bertz CT molecular complexity index is 62.9. The zero-order chi connectivity index (χ0) is 5.33. The first-order valence-corrected chi connectivity index (χ1v) is 3.00. The van der Waals surface area contributed by atoms with Crippen LogP contribution in [0, 0.1) is 0 Å². The van der Waals surface area contributed by atoms with Crippen LogP contribution in [0.1, 0.15) is 32.6 Å². The second-order valence-corrected chi connectivity index (χ2v) is 2.86. The Morgan fingerprint density at radius 1 is 1.25 bits per heavy atom. The van der Waals surface area contributed by atoms with E-state index in [-0.39, 0.29) is 17.9 Å². The van der Waals surface area contributed by atoms with Crippen LogP contribution in [0.25, 0.3) is 0 Å². The Morgan fingerprint density at radius 3 is 1.75 bits per heavy atom. The molecule has 1 saturated carbocycles. The summed E-state index contributed by atoms with van der Waals surface area (Å²) >= 11 is 0. The van der Waals surface area contributed by atoms with Gasteiger partial charge in [-0.05, 0) is 19.8 Å². The van der Waals surface area contributed by atoms with E-state index < -0.39 is 0 Å². The van der Waals surface area contributed by atoms with Gasteiger partial charge >= 0.3 is 0 Å². The van der Waals surface area contributed by atoms with Gasteiger partial charge in [-0.1, -0.05) is 12.8 Å². The number of rotatable bonds is 0. The first-order valence-electron chi connectivity index (χ1n) is 3.00. The van der Waals surface area contributed by atoms with Gasteiger partial charge in [-0.2, -0.15) is 0 Å². The van der Waals surface area contributed by atoms with Crippen molar-refractivity contribution >= 4 is 12.4 Å². The van der Waals surface area contributed by atoms with E-state index in [1.165, 1.54) is 25.7 Å². The maximum Gasteiger partial charge on any atom is 0.0125 e. The SMILES string of the molecule is CC1(N)CCCC1.Cl. The molecule has 0 saturated heterocycles. The molecule has 0 unspecified atom stereocenters. The normalized spacial score (nSPS) is 24.8. The average Bonchev–Trinajstić information content (AvgIpc) is 1.84. The van der Waals surface area contributed by atoms with Crippen molar-refractivity contribution in [3.8, 4) is 0 Å². The predicted octanol–water partition coefficient (Wildman–Crippen LogP) is 1.70. The van der Waals surface area contributed by atoms with Crippen molar-refractivity contribution in [3.05, 3.63) is 0 Å². The molecule has 0 aromatic heterocycles. The lowest BCUT2D eigenvalue weighted by molar-refractivity contribution is 0.487. The molecule has 2 heteroatoms. The Hall–Kier alpha value is 0.250. The van der Waals surface area contributed by atoms with Crippen molar-refractivity contribution < 1.29 is 0 Å². The van der Waals surface area contributed by atoms with Crippen molar-refractivity contribution in [1.29, 1.82) is 0 Å². The van der Waals surface area contributed by atoms with E-state index in [0.717, 1.165) is 0 Å². The zero-order valence-corrected chi connectivity index (χ0v) is 6.13. The summed E-state index contributed by atoms with van der Waals surface area (Å²) in [5, 5.41) is 0. The maximum absolute atomic E-state index is 5.78. The lowest BCUT2D eigenvalue weighted by Gasteiger charge is -2.14. The summed E-state index contributed by atoms with van der Waals surface area (Å²) < 4.78 is 0. The third kappa shape index (κ3) is 2.01. The van der Waals surface area contributed by atoms with Gasteiger partial charge in [-0.15, -0.1) is 12.4 Å². The van der Waals surface area contributed by atoms with Crippen molar-refractivity contribution in [2.45, 2.75) is 38.1 Å². The first-order chi connectivity index (χ1) is 3.21. The van der Waals surface area contributed by atoms with E-state index in [9.17, 15) is 0 Å². The summed E-state index contributed by atoms with van der Waals surface area (Å²) in [6.45, 7) is 2.14. The minimum atomic E-state index is 0. The summed E-state index contributed by atoms with van der Waals surface area (Å²) in [7, 11) is 0. The van der Waals surface area contributed by atoms with Crippen LogP contribution < -0.4 is 5.73 Å². The van der Waals surface area contributed by atoms with Crippen LogP contribution in [0.5, 0.6) is 0 Å². The Morgan fingerprint density at radius 2 is 1.62 bits per heavy atom. The van der Waals surface area contributed by atoms with Crippen LogP contribution in [0.15, 0.2) is 0 Å². The zero-order valence-electron chi connectivity index (χ0n) is 5.31. The molecule has 0 heterocycles. The number of halogens is 1. The van der Waals surface area contributed by atoms with Crippen molar-refractivity contribution in [1.82, 2.24) is 0 Å². The molecule has 1 aliphatic rings. The monoisotopic (exact) mass is 135 g/mol. The van der Waals surface area contributed by atoms with E-state index >= 15 is 0 Å². The molecule has 1 rings (SSSR count). The van der Waals surface area contributed by atoms with Crippen molar-refractivity contribution in [2.75, 3.05) is 0 Å². The van der Waals surface area contributed by atoms with E-state index in [0.29, 0.717) is 0 Å². The quantitative estimate of drug-likeness (QED) is 0.538. The van der Waals surface area contributed by atoms with E-state index in [1.807, 2.05) is 0 Å². The van der Waals surface area contributed by atoms with E-state index in [1.54, 1.807) is 0 Å². The maximum atomic E-state index is 5.78. The van der Waals surface area contributed by atoms with Crippen molar-refractivity contribution in [2.24, 2.45) is 5.73 Å². The largest absolute Gasteiger partial charge is 0.325 e. The van der Waals surface area contributed by atoms with Gasteiger partial charge in [0.15, 0.2) is 0 Å². The van der Waals surface area contributed by atoms with Gasteiger partial charge in [-0.3, -0.25) is 0 Å². The fourth-order valence-electron chi connectivity index (χ4n) is 1.18. The molecule has 0 atom stereocenters. The summed E-state index contributed by atoms with van der Waals surface area (Å²) in [6, 6.07) is 0. The van der Waals surface area contributed by atoms with Crippen LogP contribution in [0.2, 0.25) is 0 Å². The lowest BCUT2D eigenvalue weighted by atomic mass is 10.0. The molecule has 0 bridgehead atoms. The molecule has 0 spiro atoms. The van der Waals surface area contributed by atoms with Gasteiger partial charge < -0.3 is 5.73 Å². The molecule has 8 heavy (non-hydrogen) atoms. The molecule has 1 fully saturated rings. The second kappa shape index (κ2) is 2.70. The van der Waals surface area contributed by atoms with Gasteiger partial charge in [0.2, 0.25) is 0 Å². The first kappa shape index (κ1) is 8.25. The van der Waals surface area contributed by atoms with Gasteiger partial charge in [0.1, 0.15) is 0 Å². The van der Waals surface area contributed by atoms with E-state index in [2.05, 4.69) is 6.92 Å². The third-order valence-electron chi connectivity index (χ3n) is 1.75. The van der Waals surface area contributed by atoms with Crippen LogP contribution in [0.4, 0.5) is 0 Å². The third-order valence-corrected chi connectivity index (χ3v) is 1.75. The lowest BCUT2D eigenvalue weighted by Crippen LogP contribution is -2.31. The molecule has 0 amide bonds. The summed E-state index contributed by atoms with van der Waals surface area (Å²) in [6.07, 6.45) is 5.14. The Labute approximate surface area is 57.1 Å². The summed E-state index contributed by atoms with van der Waals surface area (Å²) in [5.74, 6) is 0. The fraction of sp³-hybridized carbons (Fsp3) is 1.00. The molecular formula is C6H14ClN. The van der Waals surface area contributed by atoms with Gasteiger partial charge in [-0.25, -0.2) is 0 Å². The number of hydrogen-bond acceptors (Lipinski definition) is 1. The Kier molecular flexibility index (Phi) is 2.78. The standard InChI is InChI=1S/C6H13N.ClH/c1-6(7)4-2-3-5-6;/h2-5,7H2,1H3;1H.